The molecule has 17 heavy (non-hydrogen) atoms. The Morgan fingerprint density at radius 1 is 1.41 bits per heavy atom. The molecule has 0 bridgehead atoms. The first kappa shape index (κ1) is 13.9. The van der Waals surface area contributed by atoms with Crippen LogP contribution in [0.15, 0.2) is 23.1 Å². The molecule has 0 spiro atoms. The summed E-state index contributed by atoms with van der Waals surface area (Å²) < 4.78 is 66.1. The summed E-state index contributed by atoms with van der Waals surface area (Å²) in [5.74, 6) is 0.0726. The fourth-order valence-corrected chi connectivity index (χ4v) is 1.85. The highest BCUT2D eigenvalue weighted by atomic mass is 32.2. The largest absolute Gasteiger partial charge is 0.499 e. The lowest BCUT2D eigenvalue weighted by atomic mass is 10.0. The number of rotatable bonds is 3. The van der Waals surface area contributed by atoms with Crippen molar-refractivity contribution in [1.82, 2.24) is 4.72 Å². The van der Waals surface area contributed by atoms with Crippen molar-refractivity contribution in [3.8, 4) is 0 Å². The topological polar surface area (TPSA) is 55.4 Å². The van der Waals surface area contributed by atoms with Crippen LogP contribution in [0, 0.1) is 6.42 Å². The molecule has 1 aliphatic carbocycles. The molecule has 0 unspecified atom stereocenters. The standard InChI is InChI=1S/C9H11F3NO3S/c1-16-8-4-3-6(9(10,11)12)5-7(8)13-17(2,14)15/h4-5,13H,3H2,1-2H3. The van der Waals surface area contributed by atoms with Gasteiger partial charge in [0.1, 0.15) is 5.76 Å². The molecule has 1 aliphatic rings. The normalized spacial score (nSPS) is 17.8. The third-order valence-corrected chi connectivity index (χ3v) is 2.56. The molecule has 0 heterocycles. The Kier molecular flexibility index (Phi) is 3.75. The average Bonchev–Trinajstić information content (AvgIpc) is 2.13. The summed E-state index contributed by atoms with van der Waals surface area (Å²) in [5.41, 5.74) is -1.04. The molecule has 97 valence electrons. The molecular weight excluding hydrogens is 259 g/mol. The van der Waals surface area contributed by atoms with E-state index in [1.165, 1.54) is 13.5 Å². The predicted octanol–water partition coefficient (Wildman–Crippen LogP) is 1.49. The van der Waals surface area contributed by atoms with Crippen LogP contribution in [0.5, 0.6) is 0 Å². The average molecular weight is 270 g/mol. The fourth-order valence-electron chi connectivity index (χ4n) is 1.29. The number of nitrogens with one attached hydrogen (secondary N) is 1. The number of hydrogen-bond acceptors (Lipinski definition) is 3. The Bertz CT molecular complexity index is 462. The van der Waals surface area contributed by atoms with E-state index in [1.54, 1.807) is 0 Å². The van der Waals surface area contributed by atoms with Crippen molar-refractivity contribution in [3.05, 3.63) is 29.5 Å². The lowest BCUT2D eigenvalue weighted by Gasteiger charge is -2.20. The van der Waals surface area contributed by atoms with Crippen LogP contribution in [0.2, 0.25) is 0 Å². The van der Waals surface area contributed by atoms with Crippen LogP contribution in [-0.2, 0) is 14.8 Å². The van der Waals surface area contributed by atoms with Crippen molar-refractivity contribution in [1.29, 1.82) is 0 Å². The molecule has 1 N–H and O–H groups in total. The lowest BCUT2D eigenvalue weighted by molar-refractivity contribution is -0.0935. The van der Waals surface area contributed by atoms with Crippen LogP contribution in [0.4, 0.5) is 13.2 Å². The van der Waals surface area contributed by atoms with Gasteiger partial charge in [0.15, 0.2) is 0 Å². The van der Waals surface area contributed by atoms with Gasteiger partial charge in [0.05, 0.1) is 19.1 Å². The van der Waals surface area contributed by atoms with E-state index in [4.69, 9.17) is 4.74 Å². The molecule has 1 radical (unpaired) electrons. The van der Waals surface area contributed by atoms with Gasteiger partial charge in [-0.15, -0.1) is 0 Å². The number of hydrogen-bond donors (Lipinski definition) is 1. The Morgan fingerprint density at radius 2 is 2.00 bits per heavy atom. The smallest absolute Gasteiger partial charge is 0.412 e. The molecule has 0 aromatic rings. The van der Waals surface area contributed by atoms with E-state index in [-0.39, 0.29) is 17.9 Å². The Labute approximate surface area is 97.2 Å². The summed E-state index contributed by atoms with van der Waals surface area (Å²) >= 11 is 0. The van der Waals surface area contributed by atoms with Gasteiger partial charge in [-0.1, -0.05) is 0 Å². The maximum absolute atomic E-state index is 12.4. The van der Waals surface area contributed by atoms with Crippen molar-refractivity contribution in [3.63, 3.8) is 0 Å². The molecule has 4 nitrogen and oxygen atoms in total. The van der Waals surface area contributed by atoms with E-state index < -0.39 is 21.8 Å². The SMILES string of the molecule is COC1=C(NS(C)(=O)=O)C=C(C(F)(F)F)C[CH]1. The summed E-state index contributed by atoms with van der Waals surface area (Å²) in [6.45, 7) is 0. The Hall–Kier alpha value is -1.18. The van der Waals surface area contributed by atoms with Crippen molar-refractivity contribution < 1.29 is 26.3 Å². The van der Waals surface area contributed by atoms with Gasteiger partial charge in [-0.2, -0.15) is 13.2 Å². The van der Waals surface area contributed by atoms with Crippen molar-refractivity contribution in [2.45, 2.75) is 12.6 Å². The molecule has 0 aliphatic heterocycles. The Morgan fingerprint density at radius 3 is 2.41 bits per heavy atom. The van der Waals surface area contributed by atoms with Gasteiger partial charge in [-0.05, 0) is 12.5 Å². The quantitative estimate of drug-likeness (QED) is 0.845. The summed E-state index contributed by atoms with van der Waals surface area (Å²) in [7, 11) is -2.40. The first-order valence-electron chi connectivity index (χ1n) is 4.50. The van der Waals surface area contributed by atoms with Crippen LogP contribution >= 0.6 is 0 Å². The van der Waals surface area contributed by atoms with Crippen LogP contribution in [0.25, 0.3) is 0 Å². The van der Waals surface area contributed by atoms with E-state index in [9.17, 15) is 21.6 Å². The highest BCUT2D eigenvalue weighted by Crippen LogP contribution is 2.34. The molecule has 0 saturated heterocycles. The van der Waals surface area contributed by atoms with Crippen LogP contribution in [0.1, 0.15) is 6.42 Å². The minimum atomic E-state index is -4.49. The molecule has 0 aromatic carbocycles. The summed E-state index contributed by atoms with van der Waals surface area (Å²) in [6.07, 6.45) is -2.07. The minimum Gasteiger partial charge on any atom is -0.499 e. The number of alkyl halides is 3. The number of halogens is 3. The number of sulfonamides is 1. The summed E-state index contributed by atoms with van der Waals surface area (Å²) in [6, 6.07) is 0. The van der Waals surface area contributed by atoms with Gasteiger partial charge in [0.25, 0.3) is 0 Å². The zero-order valence-corrected chi connectivity index (χ0v) is 9.95. The second kappa shape index (κ2) is 4.59. The molecule has 0 aromatic heterocycles. The molecule has 0 atom stereocenters. The van der Waals surface area contributed by atoms with Crippen molar-refractivity contribution in [2.75, 3.05) is 13.4 Å². The van der Waals surface area contributed by atoms with Gasteiger partial charge in [0, 0.05) is 12.0 Å². The second-order valence-electron chi connectivity index (χ2n) is 3.43. The fraction of sp³-hybridized carbons (Fsp3) is 0.444. The van der Waals surface area contributed by atoms with Gasteiger partial charge in [-0.25, -0.2) is 8.42 Å². The zero-order valence-electron chi connectivity index (χ0n) is 9.13. The number of ether oxygens (including phenoxy) is 1. The van der Waals surface area contributed by atoms with E-state index in [2.05, 4.69) is 0 Å². The molecule has 0 saturated carbocycles. The lowest BCUT2D eigenvalue weighted by Crippen LogP contribution is -2.26. The third-order valence-electron chi connectivity index (χ3n) is 1.97. The number of allylic oxidation sites excluding steroid dienone is 3. The summed E-state index contributed by atoms with van der Waals surface area (Å²) in [4.78, 5) is 0. The zero-order chi connectivity index (χ0) is 13.3. The second-order valence-corrected chi connectivity index (χ2v) is 5.18. The van der Waals surface area contributed by atoms with E-state index in [0.29, 0.717) is 0 Å². The first-order valence-corrected chi connectivity index (χ1v) is 6.39. The molecule has 0 fully saturated rings. The monoisotopic (exact) mass is 270 g/mol. The highest BCUT2D eigenvalue weighted by molar-refractivity contribution is 7.88. The van der Waals surface area contributed by atoms with E-state index in [1.807, 2.05) is 4.72 Å². The van der Waals surface area contributed by atoms with Crippen LogP contribution in [-0.4, -0.2) is 28.0 Å². The maximum Gasteiger partial charge on any atom is 0.412 e. The predicted molar refractivity (Wildman–Crippen MR) is 55.1 cm³/mol. The van der Waals surface area contributed by atoms with Gasteiger partial charge in [0.2, 0.25) is 10.0 Å². The number of methoxy groups -OCH3 is 1. The minimum absolute atomic E-state index is 0.0726. The molecule has 1 rings (SSSR count). The Balaban J connectivity index is 3.11. The third kappa shape index (κ3) is 3.95. The van der Waals surface area contributed by atoms with E-state index >= 15 is 0 Å². The van der Waals surface area contributed by atoms with E-state index in [0.717, 1.165) is 12.3 Å². The summed E-state index contributed by atoms with van der Waals surface area (Å²) in [5, 5.41) is 0. The van der Waals surface area contributed by atoms with Crippen molar-refractivity contribution >= 4 is 10.0 Å². The molecular formula is C9H11F3NO3S. The van der Waals surface area contributed by atoms with Gasteiger partial charge in [-0.3, -0.25) is 4.72 Å². The molecule has 8 heteroatoms. The van der Waals surface area contributed by atoms with Crippen molar-refractivity contribution in [2.24, 2.45) is 0 Å². The van der Waals surface area contributed by atoms with Gasteiger partial charge < -0.3 is 4.74 Å². The van der Waals surface area contributed by atoms with Gasteiger partial charge >= 0.3 is 6.18 Å². The highest BCUT2D eigenvalue weighted by Gasteiger charge is 2.36. The maximum atomic E-state index is 12.4. The first-order chi connectivity index (χ1) is 7.63. The van der Waals surface area contributed by atoms with Crippen LogP contribution < -0.4 is 4.72 Å². The molecule has 0 amide bonds. The van der Waals surface area contributed by atoms with Crippen LogP contribution in [0.3, 0.4) is 0 Å².